The van der Waals surface area contributed by atoms with Crippen LogP contribution in [0.4, 0.5) is 0 Å². The molecule has 1 heterocycles. The van der Waals surface area contributed by atoms with Crippen LogP contribution in [0.5, 0.6) is 0 Å². The molecule has 1 N–H and O–H groups in total. The van der Waals surface area contributed by atoms with Gasteiger partial charge in [-0.3, -0.25) is 4.79 Å². The smallest absolute Gasteiger partial charge is 0.264 e. The average Bonchev–Trinajstić information content (AvgIpc) is 2.93. The van der Waals surface area contributed by atoms with Crippen molar-refractivity contribution in [1.82, 2.24) is 4.72 Å². The minimum Gasteiger partial charge on any atom is -0.274 e. The van der Waals surface area contributed by atoms with Gasteiger partial charge in [-0.05, 0) is 36.8 Å². The minimum atomic E-state index is -3.86. The highest BCUT2D eigenvalue weighted by atomic mass is 32.2. The molecular weight excluding hydrogens is 326 g/mol. The van der Waals surface area contributed by atoms with Crippen molar-refractivity contribution in [3.63, 3.8) is 0 Å². The molecule has 22 heavy (non-hydrogen) atoms. The maximum atomic E-state index is 12.2. The van der Waals surface area contributed by atoms with Crippen molar-refractivity contribution in [3.05, 3.63) is 30.3 Å². The number of rotatable bonds is 3. The topological polar surface area (TPSA) is 97.4 Å². The van der Waals surface area contributed by atoms with E-state index in [2.05, 4.69) is 4.72 Å². The zero-order chi connectivity index (χ0) is 16.0. The molecular formula is C14H17NO5S2. The molecule has 0 aromatic heterocycles. The van der Waals surface area contributed by atoms with Gasteiger partial charge < -0.3 is 0 Å². The van der Waals surface area contributed by atoms with Crippen LogP contribution in [0.3, 0.4) is 0 Å². The van der Waals surface area contributed by atoms with E-state index >= 15 is 0 Å². The SMILES string of the molecule is O=C(NS(=O)(=O)c1ccccc1)C1C[C@@H]2CS(=O)(=O)C[C@@H]2C1. The van der Waals surface area contributed by atoms with E-state index in [1.165, 1.54) is 12.1 Å². The molecule has 8 heteroatoms. The number of carbonyl (C=O) groups excluding carboxylic acids is 1. The molecule has 0 spiro atoms. The Hall–Kier alpha value is -1.41. The maximum absolute atomic E-state index is 12.2. The van der Waals surface area contributed by atoms with Crippen molar-refractivity contribution in [2.45, 2.75) is 17.7 Å². The van der Waals surface area contributed by atoms with Gasteiger partial charge in [-0.15, -0.1) is 0 Å². The number of benzene rings is 1. The Morgan fingerprint density at radius 2 is 1.59 bits per heavy atom. The largest absolute Gasteiger partial charge is 0.274 e. The van der Waals surface area contributed by atoms with Gasteiger partial charge in [0.1, 0.15) is 0 Å². The lowest BCUT2D eigenvalue weighted by Gasteiger charge is -2.12. The number of carbonyl (C=O) groups is 1. The second-order valence-electron chi connectivity index (χ2n) is 6.05. The van der Waals surface area contributed by atoms with Gasteiger partial charge in [0, 0.05) is 5.92 Å². The van der Waals surface area contributed by atoms with Crippen molar-refractivity contribution >= 4 is 25.8 Å². The molecule has 3 atom stereocenters. The third-order valence-corrected chi connectivity index (χ3v) is 7.67. The van der Waals surface area contributed by atoms with Crippen LogP contribution < -0.4 is 4.72 Å². The summed E-state index contributed by atoms with van der Waals surface area (Å²) in [6.45, 7) is 0. The number of fused-ring (bicyclic) bond motifs is 1. The van der Waals surface area contributed by atoms with Crippen LogP contribution in [-0.2, 0) is 24.7 Å². The Kier molecular flexibility index (Phi) is 3.76. The van der Waals surface area contributed by atoms with Crippen LogP contribution in [0.25, 0.3) is 0 Å². The lowest BCUT2D eigenvalue weighted by atomic mass is 10.0. The standard InChI is InChI=1S/C14H17NO5S2/c16-14(15-22(19,20)13-4-2-1-3-5-13)10-6-11-8-21(17,18)9-12(11)7-10/h1-5,10-12H,6-9H2,(H,15,16)/t10?,11-,12+. The predicted octanol–water partition coefficient (Wildman–Crippen LogP) is 0.562. The number of hydrogen-bond donors (Lipinski definition) is 1. The van der Waals surface area contributed by atoms with Crippen LogP contribution in [-0.4, -0.2) is 34.2 Å². The summed E-state index contributed by atoms with van der Waals surface area (Å²) in [4.78, 5) is 12.2. The van der Waals surface area contributed by atoms with Crippen LogP contribution in [0.1, 0.15) is 12.8 Å². The molecule has 0 bridgehead atoms. The summed E-state index contributed by atoms with van der Waals surface area (Å²) in [5, 5.41) is 0. The fourth-order valence-corrected chi connectivity index (χ4v) is 6.75. The third kappa shape index (κ3) is 3.03. The zero-order valence-electron chi connectivity index (χ0n) is 11.8. The Morgan fingerprint density at radius 1 is 1.05 bits per heavy atom. The number of hydrogen-bond acceptors (Lipinski definition) is 5. The monoisotopic (exact) mass is 343 g/mol. The summed E-state index contributed by atoms with van der Waals surface area (Å²) in [7, 11) is -6.84. The maximum Gasteiger partial charge on any atom is 0.264 e. The summed E-state index contributed by atoms with van der Waals surface area (Å²) in [5.41, 5.74) is 0. The molecule has 6 nitrogen and oxygen atoms in total. The van der Waals surface area contributed by atoms with E-state index < -0.39 is 31.7 Å². The average molecular weight is 343 g/mol. The molecule has 0 radical (unpaired) electrons. The predicted molar refractivity (Wildman–Crippen MR) is 80.1 cm³/mol. The van der Waals surface area contributed by atoms with Gasteiger partial charge in [0.2, 0.25) is 5.91 Å². The molecule has 1 aromatic carbocycles. The highest BCUT2D eigenvalue weighted by molar-refractivity contribution is 7.91. The van der Waals surface area contributed by atoms with Crippen molar-refractivity contribution in [1.29, 1.82) is 0 Å². The highest BCUT2D eigenvalue weighted by Crippen LogP contribution is 2.42. The van der Waals surface area contributed by atoms with Crippen LogP contribution in [0.15, 0.2) is 35.2 Å². The van der Waals surface area contributed by atoms with Crippen LogP contribution in [0, 0.1) is 17.8 Å². The first-order chi connectivity index (χ1) is 10.3. The van der Waals surface area contributed by atoms with Gasteiger partial charge in [0.25, 0.3) is 10.0 Å². The lowest BCUT2D eigenvalue weighted by Crippen LogP contribution is -2.35. The summed E-state index contributed by atoms with van der Waals surface area (Å²) in [5.74, 6) is -0.750. The fraction of sp³-hybridized carbons (Fsp3) is 0.500. The molecule has 2 aliphatic rings. The second-order valence-corrected chi connectivity index (χ2v) is 9.88. The molecule has 1 aliphatic carbocycles. The molecule has 1 saturated heterocycles. The Bertz CT molecular complexity index is 766. The number of nitrogens with one attached hydrogen (secondary N) is 1. The molecule has 1 saturated carbocycles. The van der Waals surface area contributed by atoms with Gasteiger partial charge in [-0.25, -0.2) is 21.6 Å². The summed E-state index contributed by atoms with van der Waals surface area (Å²) >= 11 is 0. The number of sulfonamides is 1. The van der Waals surface area contributed by atoms with E-state index in [1.54, 1.807) is 18.2 Å². The first-order valence-corrected chi connectivity index (χ1v) is 10.4. The van der Waals surface area contributed by atoms with Gasteiger partial charge in [0.15, 0.2) is 9.84 Å². The van der Waals surface area contributed by atoms with E-state index in [0.29, 0.717) is 12.8 Å². The third-order valence-electron chi connectivity index (χ3n) is 4.44. The van der Waals surface area contributed by atoms with Gasteiger partial charge in [-0.1, -0.05) is 18.2 Å². The Labute approximate surface area is 129 Å². The molecule has 1 amide bonds. The normalized spacial score (nSPS) is 29.9. The molecule has 120 valence electrons. The summed E-state index contributed by atoms with van der Waals surface area (Å²) in [6.07, 6.45) is 0.889. The number of amides is 1. The Morgan fingerprint density at radius 3 is 2.14 bits per heavy atom. The quantitative estimate of drug-likeness (QED) is 0.865. The zero-order valence-corrected chi connectivity index (χ0v) is 13.4. The van der Waals surface area contributed by atoms with Crippen LogP contribution in [0.2, 0.25) is 0 Å². The second kappa shape index (κ2) is 5.34. The highest BCUT2D eigenvalue weighted by Gasteiger charge is 2.46. The first-order valence-electron chi connectivity index (χ1n) is 7.09. The first kappa shape index (κ1) is 15.5. The molecule has 2 fully saturated rings. The molecule has 1 aliphatic heterocycles. The molecule has 3 rings (SSSR count). The van der Waals surface area contributed by atoms with E-state index in [0.717, 1.165) is 0 Å². The van der Waals surface area contributed by atoms with Crippen LogP contribution >= 0.6 is 0 Å². The minimum absolute atomic E-state index is 0.0137. The molecule has 1 aromatic rings. The van der Waals surface area contributed by atoms with Crippen molar-refractivity contribution in [2.24, 2.45) is 17.8 Å². The summed E-state index contributed by atoms with van der Waals surface area (Å²) in [6, 6.07) is 7.71. The molecule has 1 unspecified atom stereocenters. The Balaban J connectivity index is 1.67. The van der Waals surface area contributed by atoms with Crippen molar-refractivity contribution in [2.75, 3.05) is 11.5 Å². The van der Waals surface area contributed by atoms with E-state index in [-0.39, 0.29) is 28.2 Å². The number of sulfone groups is 1. The van der Waals surface area contributed by atoms with E-state index in [9.17, 15) is 21.6 Å². The van der Waals surface area contributed by atoms with Crippen molar-refractivity contribution in [3.8, 4) is 0 Å². The van der Waals surface area contributed by atoms with E-state index in [1.807, 2.05) is 0 Å². The van der Waals surface area contributed by atoms with Gasteiger partial charge in [-0.2, -0.15) is 0 Å². The lowest BCUT2D eigenvalue weighted by molar-refractivity contribution is -0.123. The van der Waals surface area contributed by atoms with Crippen molar-refractivity contribution < 1.29 is 21.6 Å². The fourth-order valence-electron chi connectivity index (χ4n) is 3.43. The van der Waals surface area contributed by atoms with Gasteiger partial charge >= 0.3 is 0 Å². The summed E-state index contributed by atoms with van der Waals surface area (Å²) < 4.78 is 49.4. The van der Waals surface area contributed by atoms with E-state index in [4.69, 9.17) is 0 Å². The van der Waals surface area contributed by atoms with Gasteiger partial charge in [0.05, 0.1) is 16.4 Å².